The fourth-order valence-corrected chi connectivity index (χ4v) is 3.54. The van der Waals surface area contributed by atoms with E-state index in [9.17, 15) is 5.26 Å². The molecule has 0 spiro atoms. The lowest BCUT2D eigenvalue weighted by Gasteiger charge is -2.18. The van der Waals surface area contributed by atoms with Crippen molar-refractivity contribution in [3.8, 4) is 17.6 Å². The number of nitrogens with zero attached hydrogens (tertiary/aromatic N) is 3. The average molecular weight is 443 g/mol. The number of aromatic nitrogens is 1. The molecule has 1 atom stereocenters. The highest BCUT2D eigenvalue weighted by atomic mass is 16.5. The maximum absolute atomic E-state index is 9.50. The molecule has 1 N–H and O–H groups in total. The number of allylic oxidation sites excluding steroid dienone is 2. The number of ether oxygens (including phenoxy) is 1. The van der Waals surface area contributed by atoms with Gasteiger partial charge in [0.05, 0.1) is 17.3 Å². The van der Waals surface area contributed by atoms with Crippen molar-refractivity contribution in [2.75, 3.05) is 5.32 Å². The summed E-state index contributed by atoms with van der Waals surface area (Å²) in [6, 6.07) is 12.1. The van der Waals surface area contributed by atoms with Crippen LogP contribution in [-0.2, 0) is 0 Å². The number of hydrogen-bond donors (Lipinski definition) is 1. The highest BCUT2D eigenvalue weighted by molar-refractivity contribution is 6.04. The Kier molecular flexibility index (Phi) is 8.43. The van der Waals surface area contributed by atoms with E-state index in [2.05, 4.69) is 43.7 Å². The van der Waals surface area contributed by atoms with Crippen molar-refractivity contribution in [1.29, 1.82) is 5.26 Å². The molecule has 0 radical (unpaired) electrons. The van der Waals surface area contributed by atoms with Crippen LogP contribution >= 0.6 is 0 Å². The standard InChI is InChI=1S/C28H34N4O/c1-6-9-21(8-3)18-30-28(19(4)7-2)25-13-10-22(17-29)15-26(25)33-24-14-20(5)31-27(16-24)32-23-11-12-23/h8,10,13-16,18-19,23H,3,6-7,9,11-12H2,1-2,4-5H3,(H,31,32)/b21-18+,30-28?. The maximum Gasteiger partial charge on any atom is 0.137 e. The summed E-state index contributed by atoms with van der Waals surface area (Å²) in [6.45, 7) is 12.3. The normalized spacial score (nSPS) is 15.0. The van der Waals surface area contributed by atoms with E-state index in [0.29, 0.717) is 23.1 Å². The number of aliphatic imine (C=N–C) groups is 1. The molecular formula is C28H34N4O. The molecule has 5 nitrogen and oxygen atoms in total. The van der Waals surface area contributed by atoms with Crippen molar-refractivity contribution in [1.82, 2.24) is 4.98 Å². The van der Waals surface area contributed by atoms with Crippen LogP contribution in [0.25, 0.3) is 0 Å². The smallest absolute Gasteiger partial charge is 0.137 e. The minimum Gasteiger partial charge on any atom is -0.456 e. The summed E-state index contributed by atoms with van der Waals surface area (Å²) in [5.74, 6) is 2.36. The topological polar surface area (TPSA) is 70.3 Å². The molecular weight excluding hydrogens is 408 g/mol. The fraction of sp³-hybridized carbons (Fsp3) is 0.393. The largest absolute Gasteiger partial charge is 0.456 e. The zero-order chi connectivity index (χ0) is 23.8. The molecule has 5 heteroatoms. The van der Waals surface area contributed by atoms with Gasteiger partial charge in [-0.2, -0.15) is 5.26 Å². The van der Waals surface area contributed by atoms with E-state index >= 15 is 0 Å². The Morgan fingerprint density at radius 1 is 1.33 bits per heavy atom. The van der Waals surface area contributed by atoms with Crippen molar-refractivity contribution < 1.29 is 4.74 Å². The summed E-state index contributed by atoms with van der Waals surface area (Å²) in [6.07, 6.45) is 9.04. The highest BCUT2D eigenvalue weighted by Gasteiger charge is 2.22. The first-order chi connectivity index (χ1) is 16.0. The van der Waals surface area contributed by atoms with Crippen molar-refractivity contribution in [2.24, 2.45) is 10.9 Å². The predicted molar refractivity (Wildman–Crippen MR) is 136 cm³/mol. The first kappa shape index (κ1) is 24.3. The van der Waals surface area contributed by atoms with Crippen LogP contribution in [0.2, 0.25) is 0 Å². The van der Waals surface area contributed by atoms with Gasteiger partial charge in [0.2, 0.25) is 0 Å². The summed E-state index contributed by atoms with van der Waals surface area (Å²) in [4.78, 5) is 9.47. The monoisotopic (exact) mass is 442 g/mol. The minimum atomic E-state index is 0.218. The van der Waals surface area contributed by atoms with Crippen LogP contribution in [0.1, 0.15) is 69.7 Å². The van der Waals surface area contributed by atoms with Gasteiger partial charge in [0.15, 0.2) is 0 Å². The Morgan fingerprint density at radius 3 is 2.76 bits per heavy atom. The molecule has 1 heterocycles. The zero-order valence-electron chi connectivity index (χ0n) is 20.2. The molecule has 0 aliphatic heterocycles. The summed E-state index contributed by atoms with van der Waals surface area (Å²) in [5.41, 5.74) is 4.37. The number of benzene rings is 1. The van der Waals surface area contributed by atoms with Gasteiger partial charge in [0, 0.05) is 35.6 Å². The summed E-state index contributed by atoms with van der Waals surface area (Å²) >= 11 is 0. The van der Waals surface area contributed by atoms with E-state index in [1.165, 1.54) is 12.8 Å². The molecule has 0 saturated heterocycles. The van der Waals surface area contributed by atoms with Gasteiger partial charge in [0.1, 0.15) is 17.3 Å². The lowest BCUT2D eigenvalue weighted by atomic mass is 9.94. The van der Waals surface area contributed by atoms with Crippen molar-refractivity contribution in [2.45, 2.75) is 65.8 Å². The number of aryl methyl sites for hydroxylation is 1. The molecule has 1 fully saturated rings. The summed E-state index contributed by atoms with van der Waals surface area (Å²) in [5, 5.41) is 12.9. The third-order valence-corrected chi connectivity index (χ3v) is 5.72. The maximum atomic E-state index is 9.50. The van der Waals surface area contributed by atoms with E-state index in [1.54, 1.807) is 6.07 Å². The van der Waals surface area contributed by atoms with Crippen LogP contribution in [-0.4, -0.2) is 16.7 Å². The Labute approximate surface area is 197 Å². The first-order valence-corrected chi connectivity index (χ1v) is 11.8. The predicted octanol–water partition coefficient (Wildman–Crippen LogP) is 7.33. The molecule has 1 aromatic carbocycles. The molecule has 1 unspecified atom stereocenters. The van der Waals surface area contributed by atoms with Gasteiger partial charge in [-0.25, -0.2) is 4.98 Å². The Morgan fingerprint density at radius 2 is 2.12 bits per heavy atom. The number of rotatable bonds is 11. The lowest BCUT2D eigenvalue weighted by molar-refractivity contribution is 0.479. The van der Waals surface area contributed by atoms with Crippen LogP contribution < -0.4 is 10.1 Å². The molecule has 0 bridgehead atoms. The Bertz CT molecular complexity index is 1090. The fourth-order valence-electron chi connectivity index (χ4n) is 3.54. The van der Waals surface area contributed by atoms with E-state index < -0.39 is 0 Å². The first-order valence-electron chi connectivity index (χ1n) is 11.8. The molecule has 0 amide bonds. The quantitative estimate of drug-likeness (QED) is 0.292. The van der Waals surface area contributed by atoms with Crippen molar-refractivity contribution >= 4 is 11.5 Å². The van der Waals surface area contributed by atoms with Gasteiger partial charge in [-0.05, 0) is 62.3 Å². The number of anilines is 1. The number of nitriles is 1. The number of nitrogens with one attached hydrogen (secondary N) is 1. The van der Waals surface area contributed by atoms with Gasteiger partial charge < -0.3 is 10.1 Å². The summed E-state index contributed by atoms with van der Waals surface area (Å²) < 4.78 is 6.38. The number of hydrogen-bond acceptors (Lipinski definition) is 5. The molecule has 1 aromatic heterocycles. The van der Waals surface area contributed by atoms with Gasteiger partial charge in [0.25, 0.3) is 0 Å². The van der Waals surface area contributed by atoms with Crippen LogP contribution in [0.4, 0.5) is 5.82 Å². The zero-order valence-corrected chi connectivity index (χ0v) is 20.2. The van der Waals surface area contributed by atoms with E-state index in [1.807, 2.05) is 43.5 Å². The van der Waals surface area contributed by atoms with Crippen LogP contribution in [0.5, 0.6) is 11.5 Å². The molecule has 172 valence electrons. The molecule has 1 aliphatic rings. The molecule has 2 aromatic rings. The van der Waals surface area contributed by atoms with Gasteiger partial charge in [-0.1, -0.05) is 39.8 Å². The minimum absolute atomic E-state index is 0.218. The SMILES string of the molecule is C=C/C(=C\N=C(c1ccc(C#N)cc1Oc1cc(C)nc(NC2CC2)c1)C(C)CC)CCC. The Hall–Kier alpha value is -3.39. The van der Waals surface area contributed by atoms with E-state index in [-0.39, 0.29) is 5.92 Å². The lowest BCUT2D eigenvalue weighted by Crippen LogP contribution is -2.13. The van der Waals surface area contributed by atoms with Crippen molar-refractivity contribution in [3.05, 3.63) is 71.6 Å². The second-order valence-corrected chi connectivity index (χ2v) is 8.65. The third-order valence-electron chi connectivity index (χ3n) is 5.72. The molecule has 1 aliphatic carbocycles. The molecule has 33 heavy (non-hydrogen) atoms. The van der Waals surface area contributed by atoms with Gasteiger partial charge in [-0.15, -0.1) is 0 Å². The molecule has 1 saturated carbocycles. The number of pyridine rings is 1. The van der Waals surface area contributed by atoms with Gasteiger partial charge >= 0.3 is 0 Å². The van der Waals surface area contributed by atoms with Gasteiger partial charge in [-0.3, -0.25) is 4.99 Å². The highest BCUT2D eigenvalue weighted by Crippen LogP contribution is 2.32. The second kappa shape index (κ2) is 11.5. The van der Waals surface area contributed by atoms with Crippen molar-refractivity contribution in [3.63, 3.8) is 0 Å². The van der Waals surface area contributed by atoms with E-state index in [0.717, 1.165) is 47.6 Å². The van der Waals surface area contributed by atoms with E-state index in [4.69, 9.17) is 9.73 Å². The van der Waals surface area contributed by atoms with Crippen LogP contribution in [0.3, 0.4) is 0 Å². The molecule has 3 rings (SSSR count). The third kappa shape index (κ3) is 6.79. The second-order valence-electron chi connectivity index (χ2n) is 8.65. The van der Waals surface area contributed by atoms with Crippen LogP contribution in [0, 0.1) is 24.2 Å². The summed E-state index contributed by atoms with van der Waals surface area (Å²) in [7, 11) is 0. The van der Waals surface area contributed by atoms with Crippen LogP contribution in [0.15, 0.2) is 59.8 Å². The Balaban J connectivity index is 2.04. The average Bonchev–Trinajstić information content (AvgIpc) is 3.62.